The summed E-state index contributed by atoms with van der Waals surface area (Å²) >= 11 is 0. The maximum absolute atomic E-state index is 13.5. The fraction of sp³-hybridized carbons (Fsp3) is 0.417. The van der Waals surface area contributed by atoms with Gasteiger partial charge in [-0.1, -0.05) is 12.1 Å². The topological polar surface area (TPSA) is 58.6 Å². The number of amides is 1. The quantitative estimate of drug-likeness (QED) is 0.772. The van der Waals surface area contributed by atoms with Gasteiger partial charge in [-0.3, -0.25) is 4.79 Å². The molecule has 4 nitrogen and oxygen atoms in total. The van der Waals surface area contributed by atoms with E-state index in [9.17, 15) is 14.3 Å². The van der Waals surface area contributed by atoms with Crippen molar-refractivity contribution in [2.75, 3.05) is 6.61 Å². The molecule has 1 aromatic rings. The summed E-state index contributed by atoms with van der Waals surface area (Å²) in [4.78, 5) is 11.0. The molecule has 5 heteroatoms. The molecule has 1 aliphatic rings. The van der Waals surface area contributed by atoms with Crippen LogP contribution in [0.5, 0.6) is 5.75 Å². The zero-order chi connectivity index (χ0) is 12.4. The second kappa shape index (κ2) is 4.71. The summed E-state index contributed by atoms with van der Waals surface area (Å²) in [5.74, 6) is -0.646. The lowest BCUT2D eigenvalue weighted by Gasteiger charge is -2.21. The van der Waals surface area contributed by atoms with Crippen LogP contribution in [-0.2, 0) is 4.79 Å². The highest BCUT2D eigenvalue weighted by molar-refractivity contribution is 5.73. The maximum Gasteiger partial charge on any atom is 0.217 e. The van der Waals surface area contributed by atoms with Crippen molar-refractivity contribution in [3.05, 3.63) is 29.6 Å². The van der Waals surface area contributed by atoms with E-state index in [1.807, 2.05) is 0 Å². The van der Waals surface area contributed by atoms with Crippen LogP contribution < -0.4 is 10.1 Å². The number of halogens is 1. The molecule has 0 bridgehead atoms. The molecular weight excluding hydrogens is 225 g/mol. The number of aliphatic hydroxyl groups excluding tert-OH is 1. The molecule has 2 atom stereocenters. The maximum atomic E-state index is 13.5. The van der Waals surface area contributed by atoms with Crippen molar-refractivity contribution in [3.63, 3.8) is 0 Å². The number of rotatable bonds is 1. The van der Waals surface area contributed by atoms with E-state index in [0.29, 0.717) is 12.0 Å². The Labute approximate surface area is 98.4 Å². The van der Waals surface area contributed by atoms with Gasteiger partial charge in [0.25, 0.3) is 0 Å². The molecular formula is C12H14FNO3. The summed E-state index contributed by atoms with van der Waals surface area (Å²) in [5.41, 5.74) is 0.376. The zero-order valence-corrected chi connectivity index (χ0v) is 9.44. The molecule has 2 N–H and O–H groups in total. The van der Waals surface area contributed by atoms with Crippen LogP contribution in [0.15, 0.2) is 18.2 Å². The number of benzene rings is 1. The first kappa shape index (κ1) is 11.9. The van der Waals surface area contributed by atoms with Gasteiger partial charge in [0.05, 0.1) is 12.6 Å². The van der Waals surface area contributed by atoms with Crippen LogP contribution in [0.25, 0.3) is 0 Å². The molecule has 2 rings (SSSR count). The first-order valence-corrected chi connectivity index (χ1v) is 5.46. The average Bonchev–Trinajstić information content (AvgIpc) is 2.41. The minimum absolute atomic E-state index is 0.0767. The van der Waals surface area contributed by atoms with Crippen molar-refractivity contribution in [2.24, 2.45) is 0 Å². The number of para-hydroxylation sites is 1. The van der Waals surface area contributed by atoms with Crippen molar-refractivity contribution in [1.29, 1.82) is 0 Å². The highest BCUT2D eigenvalue weighted by Gasteiger charge is 2.29. The minimum Gasteiger partial charge on any atom is -0.490 e. The Hall–Kier alpha value is -1.62. The van der Waals surface area contributed by atoms with Crippen molar-refractivity contribution < 1.29 is 19.0 Å². The van der Waals surface area contributed by atoms with E-state index >= 15 is 0 Å². The van der Waals surface area contributed by atoms with Gasteiger partial charge in [0, 0.05) is 18.9 Å². The smallest absolute Gasteiger partial charge is 0.217 e. The van der Waals surface area contributed by atoms with Crippen LogP contribution in [0, 0.1) is 5.82 Å². The molecule has 1 aliphatic heterocycles. The van der Waals surface area contributed by atoms with Crippen LogP contribution in [-0.4, -0.2) is 23.7 Å². The lowest BCUT2D eigenvalue weighted by Crippen LogP contribution is -2.38. The Bertz CT molecular complexity index is 436. The van der Waals surface area contributed by atoms with Crippen LogP contribution in [0.1, 0.15) is 25.0 Å². The molecule has 0 aromatic heterocycles. The van der Waals surface area contributed by atoms with Gasteiger partial charge in [0.1, 0.15) is 6.10 Å². The second-order valence-corrected chi connectivity index (χ2v) is 4.05. The van der Waals surface area contributed by atoms with Gasteiger partial charge in [-0.05, 0) is 6.07 Å². The molecule has 2 unspecified atom stereocenters. The largest absolute Gasteiger partial charge is 0.490 e. The molecule has 92 valence electrons. The highest BCUT2D eigenvalue weighted by atomic mass is 19.1. The van der Waals surface area contributed by atoms with Crippen molar-refractivity contribution >= 4 is 5.91 Å². The van der Waals surface area contributed by atoms with Gasteiger partial charge >= 0.3 is 0 Å². The molecule has 0 aliphatic carbocycles. The van der Waals surface area contributed by atoms with Crippen LogP contribution >= 0.6 is 0 Å². The lowest BCUT2D eigenvalue weighted by atomic mass is 10.00. The molecule has 0 saturated carbocycles. The van der Waals surface area contributed by atoms with E-state index < -0.39 is 18.0 Å². The monoisotopic (exact) mass is 239 g/mol. The Morgan fingerprint density at radius 2 is 2.35 bits per heavy atom. The number of aliphatic hydroxyl groups is 1. The molecule has 0 fully saturated rings. The predicted molar refractivity (Wildman–Crippen MR) is 59.1 cm³/mol. The molecule has 1 aromatic carbocycles. The van der Waals surface area contributed by atoms with E-state index in [4.69, 9.17) is 4.74 Å². The second-order valence-electron chi connectivity index (χ2n) is 4.05. The number of carbonyl (C=O) groups is 1. The zero-order valence-electron chi connectivity index (χ0n) is 9.44. The third-order valence-electron chi connectivity index (χ3n) is 2.76. The Morgan fingerprint density at radius 3 is 3.06 bits per heavy atom. The first-order valence-electron chi connectivity index (χ1n) is 5.46. The standard InChI is InChI=1S/C12H14FNO3/c1-7(15)14-10-5-6-17-12-8(11(10)16)3-2-4-9(12)13/h2-4,10-11,16H,5-6H2,1H3,(H,14,15). The summed E-state index contributed by atoms with van der Waals surface area (Å²) < 4.78 is 18.8. The summed E-state index contributed by atoms with van der Waals surface area (Å²) in [6.07, 6.45) is -0.512. The molecule has 1 amide bonds. The summed E-state index contributed by atoms with van der Waals surface area (Å²) in [5, 5.41) is 12.8. The van der Waals surface area contributed by atoms with E-state index in [2.05, 4.69) is 5.32 Å². The molecule has 0 spiro atoms. The van der Waals surface area contributed by atoms with Gasteiger partial charge in [-0.2, -0.15) is 0 Å². The van der Waals surface area contributed by atoms with Crippen LogP contribution in [0.3, 0.4) is 0 Å². The summed E-state index contributed by atoms with van der Waals surface area (Å²) in [6.45, 7) is 1.64. The number of hydrogen-bond donors (Lipinski definition) is 2. The summed E-state index contributed by atoms with van der Waals surface area (Å²) in [6, 6.07) is 3.94. The third kappa shape index (κ3) is 2.39. The molecule has 17 heavy (non-hydrogen) atoms. The van der Waals surface area contributed by atoms with Crippen molar-refractivity contribution in [1.82, 2.24) is 5.32 Å². The van der Waals surface area contributed by atoms with Crippen LogP contribution in [0.4, 0.5) is 4.39 Å². The SMILES string of the molecule is CC(=O)NC1CCOc2c(F)cccc2C1O. The number of fused-ring (bicyclic) bond motifs is 1. The average molecular weight is 239 g/mol. The first-order chi connectivity index (χ1) is 8.09. The Balaban J connectivity index is 2.33. The fourth-order valence-electron chi connectivity index (χ4n) is 1.99. The van der Waals surface area contributed by atoms with E-state index in [0.717, 1.165) is 0 Å². The lowest BCUT2D eigenvalue weighted by molar-refractivity contribution is -0.120. The van der Waals surface area contributed by atoms with E-state index in [-0.39, 0.29) is 18.3 Å². The normalized spacial score (nSPS) is 23.2. The van der Waals surface area contributed by atoms with E-state index in [1.54, 1.807) is 6.07 Å². The van der Waals surface area contributed by atoms with Gasteiger partial charge in [0.15, 0.2) is 11.6 Å². The van der Waals surface area contributed by atoms with Gasteiger partial charge < -0.3 is 15.2 Å². The summed E-state index contributed by atoms with van der Waals surface area (Å²) in [7, 11) is 0. The van der Waals surface area contributed by atoms with E-state index in [1.165, 1.54) is 19.1 Å². The number of nitrogens with one attached hydrogen (secondary N) is 1. The van der Waals surface area contributed by atoms with Gasteiger partial charge in [-0.25, -0.2) is 4.39 Å². The Kier molecular flexibility index (Phi) is 3.28. The fourth-order valence-corrected chi connectivity index (χ4v) is 1.99. The molecule has 1 heterocycles. The number of ether oxygens (including phenoxy) is 1. The third-order valence-corrected chi connectivity index (χ3v) is 2.76. The number of carbonyl (C=O) groups excluding carboxylic acids is 1. The Morgan fingerprint density at radius 1 is 1.59 bits per heavy atom. The van der Waals surface area contributed by atoms with Gasteiger partial charge in [0.2, 0.25) is 5.91 Å². The van der Waals surface area contributed by atoms with Gasteiger partial charge in [-0.15, -0.1) is 0 Å². The molecule has 0 saturated heterocycles. The van der Waals surface area contributed by atoms with Crippen LogP contribution in [0.2, 0.25) is 0 Å². The molecule has 0 radical (unpaired) electrons. The predicted octanol–water partition coefficient (Wildman–Crippen LogP) is 1.15. The van der Waals surface area contributed by atoms with Crippen molar-refractivity contribution in [2.45, 2.75) is 25.5 Å². The highest BCUT2D eigenvalue weighted by Crippen LogP contribution is 2.33. The van der Waals surface area contributed by atoms with Crippen molar-refractivity contribution in [3.8, 4) is 5.75 Å². The minimum atomic E-state index is -0.952. The number of hydrogen-bond acceptors (Lipinski definition) is 3.